The molecule has 0 saturated heterocycles. The summed E-state index contributed by atoms with van der Waals surface area (Å²) in [6.07, 6.45) is 0.786. The van der Waals surface area contributed by atoms with Gasteiger partial charge in [-0.25, -0.2) is 4.39 Å². The molecule has 2 nitrogen and oxygen atoms in total. The Morgan fingerprint density at radius 3 is 2.76 bits per heavy atom. The van der Waals surface area contributed by atoms with Crippen LogP contribution in [0.25, 0.3) is 0 Å². The fraction of sp³-hybridized carbons (Fsp3) is 0.167. The Balaban J connectivity index is 1.79. The zero-order valence-corrected chi connectivity index (χ0v) is 16.0. The molecule has 4 rings (SSSR count). The van der Waals surface area contributed by atoms with Gasteiger partial charge in [0.25, 0.3) is 5.91 Å². The Bertz CT molecular complexity index is 939. The molecule has 1 aliphatic heterocycles. The lowest BCUT2D eigenvalue weighted by Crippen LogP contribution is -2.40. The predicted molar refractivity (Wildman–Crippen MR) is 102 cm³/mol. The van der Waals surface area contributed by atoms with Crippen LogP contribution in [-0.2, 0) is 6.42 Å². The van der Waals surface area contributed by atoms with Crippen molar-refractivity contribution in [3.05, 3.63) is 77.8 Å². The van der Waals surface area contributed by atoms with Crippen LogP contribution in [-0.4, -0.2) is 17.4 Å². The van der Waals surface area contributed by atoms with Crippen molar-refractivity contribution in [1.29, 1.82) is 0 Å². The maximum absolute atomic E-state index is 13.9. The summed E-state index contributed by atoms with van der Waals surface area (Å²) in [6.45, 7) is 0.565. The molecule has 3 heterocycles. The summed E-state index contributed by atoms with van der Waals surface area (Å²) < 4.78 is 13.9. The molecule has 1 atom stereocenters. The lowest BCUT2D eigenvalue weighted by Gasteiger charge is -2.35. The highest BCUT2D eigenvalue weighted by molar-refractivity contribution is 7.10. The summed E-state index contributed by atoms with van der Waals surface area (Å²) in [7, 11) is 0. The number of hydrogen-bond acceptors (Lipinski definition) is 3. The van der Waals surface area contributed by atoms with Gasteiger partial charge in [0.2, 0.25) is 0 Å². The van der Waals surface area contributed by atoms with Gasteiger partial charge < -0.3 is 4.90 Å². The van der Waals surface area contributed by atoms with Crippen molar-refractivity contribution in [3.8, 4) is 0 Å². The van der Waals surface area contributed by atoms with Crippen LogP contribution >= 0.6 is 45.9 Å². The minimum absolute atomic E-state index is 0.0879. The number of carbonyl (C=O) groups excluding carboxylic acids is 1. The average molecular weight is 412 g/mol. The van der Waals surface area contributed by atoms with E-state index < -0.39 is 5.82 Å². The molecule has 1 aromatic carbocycles. The first kappa shape index (κ1) is 17.0. The van der Waals surface area contributed by atoms with Crippen LogP contribution in [0.1, 0.15) is 31.7 Å². The smallest absolute Gasteiger partial charge is 0.256 e. The molecule has 3 aromatic rings. The minimum atomic E-state index is -0.643. The molecular weight excluding hydrogens is 400 g/mol. The van der Waals surface area contributed by atoms with Gasteiger partial charge in [0.1, 0.15) is 5.82 Å². The SMILES string of the molecule is O=C(c1cc(F)c(Cl)cc1Cl)N1CCc2sccc2C1c1cccs1. The van der Waals surface area contributed by atoms with Crippen molar-refractivity contribution in [2.24, 2.45) is 0 Å². The van der Waals surface area contributed by atoms with Crippen LogP contribution in [0.4, 0.5) is 4.39 Å². The van der Waals surface area contributed by atoms with E-state index in [-0.39, 0.29) is 27.6 Å². The first-order valence-electron chi connectivity index (χ1n) is 7.61. The van der Waals surface area contributed by atoms with E-state index in [4.69, 9.17) is 23.2 Å². The normalized spacial score (nSPS) is 16.8. The molecule has 0 radical (unpaired) electrons. The van der Waals surface area contributed by atoms with Crippen LogP contribution in [0.5, 0.6) is 0 Å². The molecule has 0 saturated carbocycles. The fourth-order valence-corrected chi connectivity index (χ4v) is 5.35. The number of rotatable bonds is 2. The lowest BCUT2D eigenvalue weighted by molar-refractivity contribution is 0.0698. The standard InChI is InChI=1S/C18H12Cl2FNOS2/c19-12-9-13(20)14(21)8-11(12)18(23)22-5-3-15-10(4-7-25-15)17(22)16-2-1-6-24-16/h1-2,4,6-9,17H,3,5H2. The zero-order valence-electron chi connectivity index (χ0n) is 12.8. The molecule has 1 unspecified atom stereocenters. The first-order chi connectivity index (χ1) is 12.1. The monoisotopic (exact) mass is 411 g/mol. The summed E-state index contributed by atoms with van der Waals surface area (Å²) in [5, 5.41) is 4.12. The van der Waals surface area contributed by atoms with E-state index in [1.54, 1.807) is 27.6 Å². The van der Waals surface area contributed by atoms with Crippen LogP contribution in [0.3, 0.4) is 0 Å². The highest BCUT2D eigenvalue weighted by atomic mass is 35.5. The molecule has 0 fully saturated rings. The highest BCUT2D eigenvalue weighted by Crippen LogP contribution is 2.40. The summed E-state index contributed by atoms with van der Waals surface area (Å²) in [6, 6.07) is 8.30. The Labute approximate surface area is 162 Å². The Kier molecular flexibility index (Phi) is 4.58. The van der Waals surface area contributed by atoms with Gasteiger partial charge in [0.05, 0.1) is 21.7 Å². The predicted octanol–water partition coefficient (Wildman–Crippen LogP) is 6.04. The quantitative estimate of drug-likeness (QED) is 0.470. The molecule has 0 aliphatic carbocycles. The summed E-state index contributed by atoms with van der Waals surface area (Å²) >= 11 is 15.2. The molecule has 0 spiro atoms. The maximum Gasteiger partial charge on any atom is 0.256 e. The maximum atomic E-state index is 13.9. The highest BCUT2D eigenvalue weighted by Gasteiger charge is 2.34. The van der Waals surface area contributed by atoms with E-state index in [1.165, 1.54) is 10.9 Å². The number of benzene rings is 1. The van der Waals surface area contributed by atoms with Crippen molar-refractivity contribution in [1.82, 2.24) is 4.90 Å². The zero-order chi connectivity index (χ0) is 17.6. The summed E-state index contributed by atoms with van der Waals surface area (Å²) in [5.41, 5.74) is 1.28. The third kappa shape index (κ3) is 2.99. The number of halogens is 3. The number of nitrogens with zero attached hydrogens (tertiary/aromatic N) is 1. The molecule has 25 heavy (non-hydrogen) atoms. The lowest BCUT2D eigenvalue weighted by atomic mass is 9.97. The van der Waals surface area contributed by atoms with Crippen LogP contribution in [0, 0.1) is 5.82 Å². The second-order valence-electron chi connectivity index (χ2n) is 5.71. The van der Waals surface area contributed by atoms with E-state index in [0.29, 0.717) is 6.54 Å². The third-order valence-corrected chi connectivity index (χ3v) is 6.80. The third-order valence-electron chi connectivity index (χ3n) is 4.28. The van der Waals surface area contributed by atoms with Crippen molar-refractivity contribution < 1.29 is 9.18 Å². The second kappa shape index (κ2) is 6.72. The van der Waals surface area contributed by atoms with Crippen molar-refractivity contribution in [2.75, 3.05) is 6.54 Å². The van der Waals surface area contributed by atoms with Gasteiger partial charge in [-0.15, -0.1) is 22.7 Å². The van der Waals surface area contributed by atoms with Gasteiger partial charge in [-0.1, -0.05) is 29.3 Å². The second-order valence-corrected chi connectivity index (χ2v) is 8.51. The first-order valence-corrected chi connectivity index (χ1v) is 10.1. The summed E-state index contributed by atoms with van der Waals surface area (Å²) in [5.74, 6) is -0.925. The van der Waals surface area contributed by atoms with E-state index in [0.717, 1.165) is 22.9 Å². The van der Waals surface area contributed by atoms with Gasteiger partial charge in [-0.3, -0.25) is 4.79 Å². The number of thiophene rings is 2. The van der Waals surface area contributed by atoms with E-state index >= 15 is 0 Å². The molecule has 2 aromatic heterocycles. The van der Waals surface area contributed by atoms with Gasteiger partial charge in [-0.2, -0.15) is 0 Å². The van der Waals surface area contributed by atoms with Crippen LogP contribution < -0.4 is 0 Å². The number of amides is 1. The Morgan fingerprint density at radius 1 is 1.16 bits per heavy atom. The largest absolute Gasteiger partial charge is 0.326 e. The number of carbonyl (C=O) groups is 1. The number of fused-ring (bicyclic) bond motifs is 1. The van der Waals surface area contributed by atoms with Gasteiger partial charge in [-0.05, 0) is 47.0 Å². The molecule has 1 amide bonds. The average Bonchev–Trinajstić information content (AvgIpc) is 3.27. The van der Waals surface area contributed by atoms with Crippen molar-refractivity contribution in [3.63, 3.8) is 0 Å². The van der Waals surface area contributed by atoms with Gasteiger partial charge in [0.15, 0.2) is 0 Å². The van der Waals surface area contributed by atoms with Gasteiger partial charge >= 0.3 is 0 Å². The van der Waals surface area contributed by atoms with E-state index in [2.05, 4.69) is 6.07 Å². The molecule has 128 valence electrons. The van der Waals surface area contributed by atoms with Crippen molar-refractivity contribution in [2.45, 2.75) is 12.5 Å². The van der Waals surface area contributed by atoms with E-state index in [9.17, 15) is 9.18 Å². The van der Waals surface area contributed by atoms with Gasteiger partial charge in [0, 0.05) is 16.3 Å². The fourth-order valence-electron chi connectivity index (χ4n) is 3.13. The molecular formula is C18H12Cl2FNOS2. The number of hydrogen-bond donors (Lipinski definition) is 0. The molecule has 0 N–H and O–H groups in total. The Morgan fingerprint density at radius 2 is 2.00 bits per heavy atom. The minimum Gasteiger partial charge on any atom is -0.326 e. The van der Waals surface area contributed by atoms with Crippen LogP contribution in [0.2, 0.25) is 10.0 Å². The van der Waals surface area contributed by atoms with E-state index in [1.807, 2.05) is 22.9 Å². The summed E-state index contributed by atoms with van der Waals surface area (Å²) in [4.78, 5) is 17.3. The Hall–Kier alpha value is -1.40. The molecule has 7 heteroatoms. The molecule has 0 bridgehead atoms. The van der Waals surface area contributed by atoms with Crippen molar-refractivity contribution >= 4 is 51.8 Å². The van der Waals surface area contributed by atoms with Crippen LogP contribution in [0.15, 0.2) is 41.1 Å². The molecule has 1 aliphatic rings. The topological polar surface area (TPSA) is 20.3 Å².